The van der Waals surface area contributed by atoms with E-state index in [1.165, 1.54) is 104 Å². The van der Waals surface area contributed by atoms with E-state index in [1.807, 2.05) is 0 Å². The summed E-state index contributed by atoms with van der Waals surface area (Å²) >= 11 is 0. The van der Waals surface area contributed by atoms with Crippen LogP contribution in [-0.4, -0.2) is 4.57 Å². The molecule has 0 unspecified atom stereocenters. The molecule has 2 heteroatoms. The largest absolute Gasteiger partial charge is 0.309 e. The fourth-order valence-corrected chi connectivity index (χ4v) is 14.0. The predicted octanol–water partition coefficient (Wildman–Crippen LogP) is 16.5. The lowest BCUT2D eigenvalue weighted by atomic mass is 9.43. The molecule has 0 N–H and O–H groups in total. The van der Waals surface area contributed by atoms with Gasteiger partial charge in [0.15, 0.2) is 0 Å². The zero-order chi connectivity index (χ0) is 41.9. The highest BCUT2D eigenvalue weighted by atomic mass is 15.1. The van der Waals surface area contributed by atoms with Crippen molar-refractivity contribution in [3.05, 3.63) is 217 Å². The van der Waals surface area contributed by atoms with Crippen molar-refractivity contribution in [2.75, 3.05) is 4.90 Å². The molecule has 0 radical (unpaired) electrons. The Morgan fingerprint density at radius 1 is 0.406 bits per heavy atom. The summed E-state index contributed by atoms with van der Waals surface area (Å²) < 4.78 is 2.43. The van der Waals surface area contributed by atoms with Crippen molar-refractivity contribution in [1.82, 2.24) is 4.57 Å². The Labute approximate surface area is 375 Å². The summed E-state index contributed by atoms with van der Waals surface area (Å²) in [5.41, 5.74) is 18.3. The second kappa shape index (κ2) is 13.9. The number of para-hydroxylation sites is 2. The number of aromatic nitrogens is 1. The van der Waals surface area contributed by atoms with Gasteiger partial charge in [0.2, 0.25) is 0 Å². The molecule has 0 amide bonds. The van der Waals surface area contributed by atoms with Gasteiger partial charge in [-0.25, -0.2) is 0 Å². The molecule has 306 valence electrons. The highest BCUT2D eigenvalue weighted by Crippen LogP contribution is 2.69. The Bertz CT molecular complexity index is 3420. The number of anilines is 3. The standard InChI is InChI=1S/C62H48N2/c1-3-14-42(15-4-1)43-28-31-49(32-29-43)64(59-27-13-26-58-61(59)52-21-8-10-24-56(52)63(58)48-18-5-2-6-19-48)57-25-12-17-44-16-11-22-50(60(44)57)45-30-33-55-53(39-45)51-20-7-9-23-54(51)62(55)46-35-40-34-41(37-46)38-47(62)36-40/h1-33,39-41,46-47H,34-38H2. The van der Waals surface area contributed by atoms with Crippen LogP contribution < -0.4 is 4.90 Å². The Morgan fingerprint density at radius 3 is 1.77 bits per heavy atom. The zero-order valence-electron chi connectivity index (χ0n) is 35.9. The minimum absolute atomic E-state index is 0.155. The molecule has 4 saturated carbocycles. The first-order chi connectivity index (χ1) is 31.7. The summed E-state index contributed by atoms with van der Waals surface area (Å²) in [5.74, 6) is 3.35. The van der Waals surface area contributed by atoms with Gasteiger partial charge in [0.05, 0.1) is 22.4 Å². The van der Waals surface area contributed by atoms with Crippen molar-refractivity contribution in [3.8, 4) is 39.1 Å². The van der Waals surface area contributed by atoms with Crippen molar-refractivity contribution in [2.24, 2.45) is 23.7 Å². The highest BCUT2D eigenvalue weighted by molar-refractivity contribution is 6.18. The average Bonchev–Trinajstić information content (AvgIpc) is 3.85. The molecule has 0 aliphatic heterocycles. The number of benzene rings is 9. The smallest absolute Gasteiger partial charge is 0.0562 e. The number of nitrogens with zero attached hydrogens (tertiary/aromatic N) is 2. The van der Waals surface area contributed by atoms with E-state index in [0.717, 1.165) is 40.7 Å². The molecule has 1 aromatic heterocycles. The maximum absolute atomic E-state index is 2.58. The third-order valence-electron chi connectivity index (χ3n) is 16.2. The quantitative estimate of drug-likeness (QED) is 0.162. The molecule has 15 rings (SSSR count). The maximum atomic E-state index is 2.58. The fourth-order valence-electron chi connectivity index (χ4n) is 14.0. The van der Waals surface area contributed by atoms with Crippen LogP contribution >= 0.6 is 0 Å². The normalized spacial score (nSPS) is 21.5. The SMILES string of the molecule is c1ccc(-c2ccc(N(c3cccc4cccc(-c5ccc6c(c5)-c5ccccc5C65C6CC7CC(C6)CC5C7)c34)c3cccc4c3c3ccccc3n4-c3ccccc3)cc2)cc1. The van der Waals surface area contributed by atoms with E-state index in [2.05, 4.69) is 216 Å². The Hall–Kier alpha value is -7.16. The molecule has 2 nitrogen and oxygen atoms in total. The van der Waals surface area contributed by atoms with Crippen LogP contribution in [0.15, 0.2) is 206 Å². The van der Waals surface area contributed by atoms with E-state index >= 15 is 0 Å². The van der Waals surface area contributed by atoms with Gasteiger partial charge in [0.25, 0.3) is 0 Å². The van der Waals surface area contributed by atoms with Crippen molar-refractivity contribution in [3.63, 3.8) is 0 Å². The Morgan fingerprint density at radius 2 is 0.984 bits per heavy atom. The van der Waals surface area contributed by atoms with Crippen LogP contribution in [0, 0.1) is 23.7 Å². The minimum atomic E-state index is 0.155. The van der Waals surface area contributed by atoms with Crippen molar-refractivity contribution in [2.45, 2.75) is 37.5 Å². The molecular weight excluding hydrogens is 773 g/mol. The van der Waals surface area contributed by atoms with E-state index in [1.54, 1.807) is 11.1 Å². The first-order valence-corrected chi connectivity index (χ1v) is 23.5. The van der Waals surface area contributed by atoms with Crippen LogP contribution in [0.2, 0.25) is 0 Å². The summed E-state index contributed by atoms with van der Waals surface area (Å²) in [6.07, 6.45) is 7.06. The lowest BCUT2D eigenvalue weighted by Crippen LogP contribution is -2.55. The molecular formula is C62H48N2. The van der Waals surface area contributed by atoms with E-state index < -0.39 is 0 Å². The lowest BCUT2D eigenvalue weighted by molar-refractivity contribution is -0.0399. The van der Waals surface area contributed by atoms with Gasteiger partial charge in [-0.15, -0.1) is 0 Å². The monoisotopic (exact) mass is 820 g/mol. The minimum Gasteiger partial charge on any atom is -0.309 e. The maximum Gasteiger partial charge on any atom is 0.0562 e. The molecule has 0 saturated heterocycles. The summed E-state index contributed by atoms with van der Waals surface area (Å²) in [6, 6.07) is 77.5. The Balaban J connectivity index is 1.00. The third kappa shape index (κ3) is 5.14. The number of hydrogen-bond acceptors (Lipinski definition) is 1. The molecule has 10 aromatic rings. The third-order valence-corrected chi connectivity index (χ3v) is 16.2. The molecule has 1 spiro atoms. The van der Waals surface area contributed by atoms with Gasteiger partial charge in [0.1, 0.15) is 0 Å². The first kappa shape index (κ1) is 36.3. The van der Waals surface area contributed by atoms with Gasteiger partial charge >= 0.3 is 0 Å². The van der Waals surface area contributed by atoms with Crippen LogP contribution in [0.25, 0.3) is 71.6 Å². The fraction of sp³-hybridized carbons (Fsp3) is 0.161. The van der Waals surface area contributed by atoms with Gasteiger partial charge in [-0.2, -0.15) is 0 Å². The molecule has 4 bridgehead atoms. The summed E-state index contributed by atoms with van der Waals surface area (Å²) in [4.78, 5) is 2.54. The van der Waals surface area contributed by atoms with Crippen LogP contribution in [0.4, 0.5) is 17.1 Å². The molecule has 64 heavy (non-hydrogen) atoms. The van der Waals surface area contributed by atoms with Gasteiger partial charge in [-0.05, 0) is 160 Å². The van der Waals surface area contributed by atoms with Gasteiger partial charge < -0.3 is 9.47 Å². The van der Waals surface area contributed by atoms with Crippen molar-refractivity contribution in [1.29, 1.82) is 0 Å². The number of rotatable bonds is 6. The van der Waals surface area contributed by atoms with Gasteiger partial charge in [-0.3, -0.25) is 0 Å². The zero-order valence-corrected chi connectivity index (χ0v) is 35.9. The molecule has 0 atom stereocenters. The number of fused-ring (bicyclic) bond motifs is 7. The van der Waals surface area contributed by atoms with E-state index in [9.17, 15) is 0 Å². The first-order valence-electron chi connectivity index (χ1n) is 23.5. The molecule has 1 heterocycles. The van der Waals surface area contributed by atoms with Crippen molar-refractivity contribution < 1.29 is 0 Å². The summed E-state index contributed by atoms with van der Waals surface area (Å²) in [6.45, 7) is 0. The topological polar surface area (TPSA) is 8.17 Å². The van der Waals surface area contributed by atoms with Crippen LogP contribution in [-0.2, 0) is 5.41 Å². The summed E-state index contributed by atoms with van der Waals surface area (Å²) in [5, 5.41) is 4.97. The second-order valence-electron chi connectivity index (χ2n) is 19.3. The molecule has 5 aliphatic carbocycles. The lowest BCUT2D eigenvalue weighted by Gasteiger charge is -2.61. The molecule has 5 aliphatic rings. The van der Waals surface area contributed by atoms with Gasteiger partial charge in [0, 0.05) is 32.9 Å². The molecule has 4 fully saturated rings. The van der Waals surface area contributed by atoms with E-state index in [-0.39, 0.29) is 5.41 Å². The molecule has 9 aromatic carbocycles. The van der Waals surface area contributed by atoms with E-state index in [4.69, 9.17) is 0 Å². The summed E-state index contributed by atoms with van der Waals surface area (Å²) in [7, 11) is 0. The predicted molar refractivity (Wildman–Crippen MR) is 267 cm³/mol. The van der Waals surface area contributed by atoms with Crippen LogP contribution in [0.1, 0.15) is 43.2 Å². The second-order valence-corrected chi connectivity index (χ2v) is 19.3. The van der Waals surface area contributed by atoms with E-state index in [0.29, 0.717) is 0 Å². The van der Waals surface area contributed by atoms with Crippen molar-refractivity contribution >= 4 is 49.6 Å². The van der Waals surface area contributed by atoms with Gasteiger partial charge in [-0.1, -0.05) is 152 Å². The highest BCUT2D eigenvalue weighted by Gasteiger charge is 2.61. The Kier molecular flexibility index (Phi) is 7.90. The number of hydrogen-bond donors (Lipinski definition) is 0. The van der Waals surface area contributed by atoms with Crippen LogP contribution in [0.3, 0.4) is 0 Å². The van der Waals surface area contributed by atoms with Crippen LogP contribution in [0.5, 0.6) is 0 Å². The average molecular weight is 821 g/mol.